The van der Waals surface area contributed by atoms with Gasteiger partial charge in [-0.25, -0.2) is 0 Å². The van der Waals surface area contributed by atoms with E-state index in [0.717, 1.165) is 11.1 Å². The lowest BCUT2D eigenvalue weighted by Crippen LogP contribution is -2.15. The molecule has 1 amide bonds. The summed E-state index contributed by atoms with van der Waals surface area (Å²) in [6.45, 7) is 3.69. The molecule has 0 saturated carbocycles. The number of nitro groups is 1. The van der Waals surface area contributed by atoms with Gasteiger partial charge < -0.3 is 5.32 Å². The van der Waals surface area contributed by atoms with E-state index in [0.29, 0.717) is 11.3 Å². The van der Waals surface area contributed by atoms with Crippen LogP contribution in [-0.4, -0.2) is 10.8 Å². The molecule has 2 aromatic carbocycles. The van der Waals surface area contributed by atoms with Crippen molar-refractivity contribution in [1.29, 1.82) is 0 Å². The van der Waals surface area contributed by atoms with Crippen LogP contribution in [0.15, 0.2) is 42.5 Å². The van der Waals surface area contributed by atoms with Crippen molar-refractivity contribution in [3.63, 3.8) is 0 Å². The second-order valence-corrected chi connectivity index (χ2v) is 4.91. The Morgan fingerprint density at radius 3 is 2.48 bits per heavy atom. The molecule has 2 aromatic rings. The number of nitro benzene ring substituents is 1. The molecule has 108 valence electrons. The second kappa shape index (κ2) is 6.17. The third-order valence-corrected chi connectivity index (χ3v) is 3.31. The maximum absolute atomic E-state index is 12.1. The summed E-state index contributed by atoms with van der Waals surface area (Å²) in [5.74, 6) is -0.138. The molecule has 0 fully saturated rings. The average molecular weight is 284 g/mol. The maximum Gasteiger partial charge on any atom is 0.269 e. The minimum Gasteiger partial charge on any atom is -0.326 e. The Kier molecular flexibility index (Phi) is 4.33. The Balaban J connectivity index is 2.10. The normalized spacial score (nSPS) is 10.2. The molecule has 0 radical (unpaired) electrons. The Morgan fingerprint density at radius 2 is 1.86 bits per heavy atom. The second-order valence-electron chi connectivity index (χ2n) is 4.91. The van der Waals surface area contributed by atoms with Gasteiger partial charge in [0.05, 0.1) is 11.3 Å². The first-order chi connectivity index (χ1) is 9.97. The molecule has 0 aliphatic rings. The molecule has 0 aliphatic heterocycles. The molecule has 1 N–H and O–H groups in total. The summed E-state index contributed by atoms with van der Waals surface area (Å²) in [7, 11) is 0. The van der Waals surface area contributed by atoms with E-state index >= 15 is 0 Å². The highest BCUT2D eigenvalue weighted by molar-refractivity contribution is 5.93. The van der Waals surface area contributed by atoms with Crippen LogP contribution in [0.1, 0.15) is 16.7 Å². The van der Waals surface area contributed by atoms with Crippen LogP contribution in [0, 0.1) is 24.0 Å². The highest BCUT2D eigenvalue weighted by Gasteiger charge is 2.11. The SMILES string of the molecule is Cc1ccccc1CC(=O)Nc1ccc([N+](=O)[O-])cc1C. The number of benzene rings is 2. The van der Waals surface area contributed by atoms with Crippen molar-refractivity contribution in [2.24, 2.45) is 0 Å². The van der Waals surface area contributed by atoms with Crippen LogP contribution in [-0.2, 0) is 11.2 Å². The number of nitrogens with zero attached hydrogens (tertiary/aromatic N) is 1. The number of non-ortho nitro benzene ring substituents is 1. The molecular weight excluding hydrogens is 268 g/mol. The molecule has 21 heavy (non-hydrogen) atoms. The van der Waals surface area contributed by atoms with Crippen molar-refractivity contribution in [2.75, 3.05) is 5.32 Å². The fourth-order valence-corrected chi connectivity index (χ4v) is 2.08. The molecule has 0 unspecified atom stereocenters. The molecule has 5 heteroatoms. The number of rotatable bonds is 4. The number of amides is 1. The smallest absolute Gasteiger partial charge is 0.269 e. The van der Waals surface area contributed by atoms with Crippen LogP contribution in [0.2, 0.25) is 0 Å². The summed E-state index contributed by atoms with van der Waals surface area (Å²) in [4.78, 5) is 22.3. The van der Waals surface area contributed by atoms with Crippen LogP contribution in [0.3, 0.4) is 0 Å². The first kappa shape index (κ1) is 14.7. The lowest BCUT2D eigenvalue weighted by molar-refractivity contribution is -0.384. The Labute approximate surface area is 122 Å². The van der Waals surface area contributed by atoms with Crippen LogP contribution in [0.4, 0.5) is 11.4 Å². The molecule has 2 rings (SSSR count). The predicted molar refractivity (Wildman–Crippen MR) is 81.3 cm³/mol. The minimum absolute atomic E-state index is 0.0180. The molecule has 0 saturated heterocycles. The van der Waals surface area contributed by atoms with Crippen molar-refractivity contribution in [3.05, 3.63) is 69.3 Å². The van der Waals surface area contributed by atoms with Gasteiger partial charge in [0.15, 0.2) is 0 Å². The van der Waals surface area contributed by atoms with Crippen molar-refractivity contribution >= 4 is 17.3 Å². The van der Waals surface area contributed by atoms with Gasteiger partial charge in [-0.2, -0.15) is 0 Å². The summed E-state index contributed by atoms with van der Waals surface area (Å²) < 4.78 is 0. The number of nitrogens with one attached hydrogen (secondary N) is 1. The fraction of sp³-hybridized carbons (Fsp3) is 0.188. The topological polar surface area (TPSA) is 72.2 Å². The van der Waals surface area contributed by atoms with E-state index in [1.807, 2.05) is 31.2 Å². The number of hydrogen-bond acceptors (Lipinski definition) is 3. The van der Waals surface area contributed by atoms with Gasteiger partial charge in [0.25, 0.3) is 5.69 Å². The third-order valence-electron chi connectivity index (χ3n) is 3.31. The van der Waals surface area contributed by atoms with Crippen LogP contribution < -0.4 is 5.32 Å². The zero-order chi connectivity index (χ0) is 15.4. The third kappa shape index (κ3) is 3.66. The van der Waals surface area contributed by atoms with Crippen LogP contribution in [0.5, 0.6) is 0 Å². The average Bonchev–Trinajstić information content (AvgIpc) is 2.43. The number of carbonyl (C=O) groups excluding carboxylic acids is 1. The molecule has 0 bridgehead atoms. The van der Waals surface area contributed by atoms with Gasteiger partial charge in [-0.3, -0.25) is 14.9 Å². The Hall–Kier alpha value is -2.69. The highest BCUT2D eigenvalue weighted by atomic mass is 16.6. The lowest BCUT2D eigenvalue weighted by Gasteiger charge is -2.09. The number of aryl methyl sites for hydroxylation is 2. The van der Waals surface area contributed by atoms with Gasteiger partial charge in [0, 0.05) is 17.8 Å². The van der Waals surface area contributed by atoms with E-state index in [1.54, 1.807) is 13.0 Å². The predicted octanol–water partition coefficient (Wildman–Crippen LogP) is 3.39. The number of anilines is 1. The Bertz CT molecular complexity index is 696. The Morgan fingerprint density at radius 1 is 1.14 bits per heavy atom. The standard InChI is InChI=1S/C16H16N2O3/c1-11-5-3-4-6-13(11)10-16(19)17-15-8-7-14(18(20)21)9-12(15)2/h3-9H,10H2,1-2H3,(H,17,19). The van der Waals surface area contributed by atoms with E-state index in [9.17, 15) is 14.9 Å². The molecular formula is C16H16N2O3. The van der Waals surface area contributed by atoms with E-state index < -0.39 is 4.92 Å². The minimum atomic E-state index is -0.452. The first-order valence-electron chi connectivity index (χ1n) is 6.57. The monoisotopic (exact) mass is 284 g/mol. The molecule has 0 atom stereocenters. The van der Waals surface area contributed by atoms with Gasteiger partial charge in [-0.05, 0) is 36.6 Å². The summed E-state index contributed by atoms with van der Waals surface area (Å²) in [5, 5.41) is 13.5. The summed E-state index contributed by atoms with van der Waals surface area (Å²) in [6, 6.07) is 12.1. The van der Waals surface area contributed by atoms with Crippen molar-refractivity contribution in [2.45, 2.75) is 20.3 Å². The number of hydrogen-bond donors (Lipinski definition) is 1. The summed E-state index contributed by atoms with van der Waals surface area (Å²) >= 11 is 0. The van der Waals surface area contributed by atoms with E-state index in [-0.39, 0.29) is 18.0 Å². The van der Waals surface area contributed by atoms with Crippen molar-refractivity contribution in [3.8, 4) is 0 Å². The zero-order valence-corrected chi connectivity index (χ0v) is 11.9. The van der Waals surface area contributed by atoms with Crippen LogP contribution >= 0.6 is 0 Å². The van der Waals surface area contributed by atoms with Crippen LogP contribution in [0.25, 0.3) is 0 Å². The highest BCUT2D eigenvalue weighted by Crippen LogP contribution is 2.21. The molecule has 0 heterocycles. The molecule has 0 spiro atoms. The maximum atomic E-state index is 12.1. The van der Waals surface area contributed by atoms with Gasteiger partial charge in [-0.15, -0.1) is 0 Å². The van der Waals surface area contributed by atoms with Crippen molar-refractivity contribution < 1.29 is 9.72 Å². The molecule has 5 nitrogen and oxygen atoms in total. The fourth-order valence-electron chi connectivity index (χ4n) is 2.08. The van der Waals surface area contributed by atoms with E-state index in [1.165, 1.54) is 12.1 Å². The lowest BCUT2D eigenvalue weighted by atomic mass is 10.1. The van der Waals surface area contributed by atoms with E-state index in [2.05, 4.69) is 5.32 Å². The number of carbonyl (C=O) groups is 1. The summed E-state index contributed by atoms with van der Waals surface area (Å²) in [5.41, 5.74) is 3.31. The molecule has 0 aliphatic carbocycles. The van der Waals surface area contributed by atoms with E-state index in [4.69, 9.17) is 0 Å². The van der Waals surface area contributed by atoms with Gasteiger partial charge in [-0.1, -0.05) is 24.3 Å². The van der Waals surface area contributed by atoms with Gasteiger partial charge >= 0.3 is 0 Å². The quantitative estimate of drug-likeness (QED) is 0.691. The largest absolute Gasteiger partial charge is 0.326 e. The first-order valence-corrected chi connectivity index (χ1v) is 6.57. The zero-order valence-electron chi connectivity index (χ0n) is 11.9. The van der Waals surface area contributed by atoms with Gasteiger partial charge in [0.1, 0.15) is 0 Å². The molecule has 0 aromatic heterocycles. The summed E-state index contributed by atoms with van der Waals surface area (Å²) in [6.07, 6.45) is 0.281. The van der Waals surface area contributed by atoms with Gasteiger partial charge in [0.2, 0.25) is 5.91 Å². The van der Waals surface area contributed by atoms with Crippen molar-refractivity contribution in [1.82, 2.24) is 0 Å².